The number of hydrogen-bond acceptors (Lipinski definition) is 4. The molecule has 3 rings (SSSR count). The van der Waals surface area contributed by atoms with E-state index < -0.39 is 0 Å². The van der Waals surface area contributed by atoms with Crippen LogP contribution in [-0.2, 0) is 13.5 Å². The van der Waals surface area contributed by atoms with Crippen molar-refractivity contribution in [1.82, 2.24) is 25.0 Å². The molecule has 1 saturated heterocycles. The summed E-state index contributed by atoms with van der Waals surface area (Å²) in [5, 5.41) is 7.89. The Morgan fingerprint density at radius 1 is 1.29 bits per heavy atom. The van der Waals surface area contributed by atoms with E-state index in [1.807, 2.05) is 11.7 Å². The number of rotatable bonds is 4. The second-order valence-electron chi connectivity index (χ2n) is 5.13. The van der Waals surface area contributed by atoms with Crippen LogP contribution < -0.4 is 5.32 Å². The molecule has 94 valence electrons. The first-order valence-corrected chi connectivity index (χ1v) is 6.66. The Labute approximate surface area is 102 Å². The third-order valence-corrected chi connectivity index (χ3v) is 3.64. The zero-order valence-electron chi connectivity index (χ0n) is 10.5. The molecule has 0 spiro atoms. The molecule has 2 heterocycles. The summed E-state index contributed by atoms with van der Waals surface area (Å²) in [6, 6.07) is 0. The summed E-state index contributed by atoms with van der Waals surface area (Å²) < 4.78 is 1.98. The van der Waals surface area contributed by atoms with Gasteiger partial charge in [0.25, 0.3) is 0 Å². The third-order valence-electron chi connectivity index (χ3n) is 3.64. The normalized spacial score (nSPS) is 21.9. The number of piperazine rings is 1. The number of hydrogen-bond donors (Lipinski definition) is 1. The molecule has 0 unspecified atom stereocenters. The van der Waals surface area contributed by atoms with Gasteiger partial charge in [-0.1, -0.05) is 0 Å². The van der Waals surface area contributed by atoms with E-state index in [9.17, 15) is 0 Å². The van der Waals surface area contributed by atoms with Crippen LogP contribution in [0.2, 0.25) is 0 Å². The maximum Gasteiger partial charge on any atom is 0.152 e. The molecule has 0 radical (unpaired) electrons. The van der Waals surface area contributed by atoms with E-state index in [0.29, 0.717) is 5.92 Å². The number of aryl methyl sites for hydroxylation is 1. The minimum absolute atomic E-state index is 0.695. The van der Waals surface area contributed by atoms with Crippen LogP contribution in [-0.4, -0.2) is 52.4 Å². The molecular formula is C12H21N5. The van der Waals surface area contributed by atoms with Gasteiger partial charge < -0.3 is 10.2 Å². The molecule has 2 fully saturated rings. The van der Waals surface area contributed by atoms with Gasteiger partial charge in [0.2, 0.25) is 0 Å². The average Bonchev–Trinajstić information content (AvgIpc) is 3.12. The van der Waals surface area contributed by atoms with Gasteiger partial charge >= 0.3 is 0 Å². The summed E-state index contributed by atoms with van der Waals surface area (Å²) in [6.07, 6.45) is 3.58. The first-order valence-electron chi connectivity index (χ1n) is 6.66. The van der Waals surface area contributed by atoms with Crippen molar-refractivity contribution in [2.24, 2.45) is 7.05 Å². The first-order chi connectivity index (χ1) is 8.33. The summed E-state index contributed by atoms with van der Waals surface area (Å²) in [5.74, 6) is 2.91. The van der Waals surface area contributed by atoms with E-state index in [2.05, 4.69) is 20.3 Å². The van der Waals surface area contributed by atoms with Gasteiger partial charge in [-0.15, -0.1) is 0 Å². The molecule has 1 aromatic rings. The van der Waals surface area contributed by atoms with Crippen molar-refractivity contribution >= 4 is 0 Å². The highest BCUT2D eigenvalue weighted by Gasteiger charge is 2.28. The fourth-order valence-electron chi connectivity index (χ4n) is 2.45. The molecule has 5 heteroatoms. The van der Waals surface area contributed by atoms with E-state index in [1.54, 1.807) is 0 Å². The van der Waals surface area contributed by atoms with Gasteiger partial charge in [0.15, 0.2) is 5.82 Å². The Balaban J connectivity index is 1.55. The monoisotopic (exact) mass is 235 g/mol. The Kier molecular flexibility index (Phi) is 3.11. The van der Waals surface area contributed by atoms with Crippen LogP contribution in [0.5, 0.6) is 0 Å². The molecule has 0 bridgehead atoms. The van der Waals surface area contributed by atoms with E-state index in [0.717, 1.165) is 45.0 Å². The molecule has 5 nitrogen and oxygen atoms in total. The van der Waals surface area contributed by atoms with Crippen molar-refractivity contribution in [2.45, 2.75) is 25.2 Å². The zero-order chi connectivity index (χ0) is 11.7. The van der Waals surface area contributed by atoms with Crippen LogP contribution in [0, 0.1) is 0 Å². The highest BCUT2D eigenvalue weighted by atomic mass is 15.3. The molecule has 0 atom stereocenters. The van der Waals surface area contributed by atoms with Crippen LogP contribution in [0.3, 0.4) is 0 Å². The summed E-state index contributed by atoms with van der Waals surface area (Å²) in [4.78, 5) is 7.16. The Morgan fingerprint density at radius 3 is 2.76 bits per heavy atom. The maximum atomic E-state index is 4.67. The van der Waals surface area contributed by atoms with Crippen LogP contribution in [0.1, 0.15) is 30.4 Å². The molecule has 1 N–H and O–H groups in total. The SMILES string of the molecule is Cn1nc(CCN2CCNCC2)nc1C1CC1. The molecule has 1 saturated carbocycles. The number of aromatic nitrogens is 3. The van der Waals surface area contributed by atoms with Crippen molar-refractivity contribution in [3.63, 3.8) is 0 Å². The van der Waals surface area contributed by atoms with Crippen molar-refractivity contribution in [2.75, 3.05) is 32.7 Å². The molecule has 1 aliphatic carbocycles. The lowest BCUT2D eigenvalue weighted by Gasteiger charge is -2.26. The minimum Gasteiger partial charge on any atom is -0.314 e. The van der Waals surface area contributed by atoms with Crippen molar-refractivity contribution in [3.05, 3.63) is 11.6 Å². The predicted octanol–water partition coefficient (Wildman–Crippen LogP) is 0.140. The molecule has 0 amide bonds. The molecule has 17 heavy (non-hydrogen) atoms. The quantitative estimate of drug-likeness (QED) is 0.806. The zero-order valence-corrected chi connectivity index (χ0v) is 10.5. The average molecular weight is 235 g/mol. The Bertz CT molecular complexity index is 376. The molecule has 2 aliphatic rings. The maximum absolute atomic E-state index is 4.67. The van der Waals surface area contributed by atoms with Crippen LogP contribution in [0.25, 0.3) is 0 Å². The number of nitrogens with one attached hydrogen (secondary N) is 1. The van der Waals surface area contributed by atoms with Gasteiger partial charge in [0.1, 0.15) is 5.82 Å². The topological polar surface area (TPSA) is 46.0 Å². The predicted molar refractivity (Wildman–Crippen MR) is 66.0 cm³/mol. The van der Waals surface area contributed by atoms with Crippen molar-refractivity contribution < 1.29 is 0 Å². The van der Waals surface area contributed by atoms with E-state index in [-0.39, 0.29) is 0 Å². The van der Waals surface area contributed by atoms with Gasteiger partial charge in [-0.25, -0.2) is 4.98 Å². The van der Waals surface area contributed by atoms with E-state index >= 15 is 0 Å². The summed E-state index contributed by atoms with van der Waals surface area (Å²) >= 11 is 0. The Morgan fingerprint density at radius 2 is 2.06 bits per heavy atom. The van der Waals surface area contributed by atoms with Gasteiger partial charge in [0.05, 0.1) is 0 Å². The van der Waals surface area contributed by atoms with E-state index in [1.165, 1.54) is 18.7 Å². The molecule has 0 aromatic carbocycles. The highest BCUT2D eigenvalue weighted by molar-refractivity contribution is 5.06. The first kappa shape index (κ1) is 11.2. The molecule has 1 aliphatic heterocycles. The smallest absolute Gasteiger partial charge is 0.152 e. The standard InChI is InChI=1S/C12H21N5/c1-16-12(10-2-3-10)14-11(15-16)4-7-17-8-5-13-6-9-17/h10,13H,2-9H2,1H3. The van der Waals surface area contributed by atoms with Gasteiger partial charge in [-0.3, -0.25) is 4.68 Å². The lowest BCUT2D eigenvalue weighted by Crippen LogP contribution is -2.44. The largest absolute Gasteiger partial charge is 0.314 e. The van der Waals surface area contributed by atoms with Gasteiger partial charge in [-0.2, -0.15) is 5.10 Å². The second-order valence-corrected chi connectivity index (χ2v) is 5.13. The van der Waals surface area contributed by atoms with Crippen molar-refractivity contribution in [3.8, 4) is 0 Å². The third kappa shape index (κ3) is 2.66. The summed E-state index contributed by atoms with van der Waals surface area (Å²) in [6.45, 7) is 5.63. The second kappa shape index (κ2) is 4.74. The Hall–Kier alpha value is -0.940. The van der Waals surface area contributed by atoms with Gasteiger partial charge in [-0.05, 0) is 12.8 Å². The lowest BCUT2D eigenvalue weighted by molar-refractivity contribution is 0.242. The summed E-state index contributed by atoms with van der Waals surface area (Å²) in [5.41, 5.74) is 0. The molecular weight excluding hydrogens is 214 g/mol. The van der Waals surface area contributed by atoms with Gasteiger partial charge in [0, 0.05) is 52.1 Å². The highest BCUT2D eigenvalue weighted by Crippen LogP contribution is 2.38. The van der Waals surface area contributed by atoms with Crippen LogP contribution in [0.4, 0.5) is 0 Å². The van der Waals surface area contributed by atoms with E-state index in [4.69, 9.17) is 0 Å². The lowest BCUT2D eigenvalue weighted by atomic mass is 10.3. The number of nitrogens with zero attached hydrogens (tertiary/aromatic N) is 4. The van der Waals surface area contributed by atoms with Crippen LogP contribution >= 0.6 is 0 Å². The fourth-order valence-corrected chi connectivity index (χ4v) is 2.45. The summed E-state index contributed by atoms with van der Waals surface area (Å²) in [7, 11) is 2.02. The van der Waals surface area contributed by atoms with Crippen molar-refractivity contribution in [1.29, 1.82) is 0 Å². The molecule has 1 aromatic heterocycles. The fraction of sp³-hybridized carbons (Fsp3) is 0.833. The minimum atomic E-state index is 0.695. The van der Waals surface area contributed by atoms with Crippen LogP contribution in [0.15, 0.2) is 0 Å².